The van der Waals surface area contributed by atoms with Gasteiger partial charge in [0.1, 0.15) is 5.75 Å². The summed E-state index contributed by atoms with van der Waals surface area (Å²) in [5.74, 6) is 0.0547. The van der Waals surface area contributed by atoms with E-state index in [1.165, 1.54) is 13.8 Å². The molecule has 5 nitrogen and oxygen atoms in total. The number of hydrogen-bond donors (Lipinski definition) is 0. The molecule has 23 heavy (non-hydrogen) atoms. The lowest BCUT2D eigenvalue weighted by molar-refractivity contribution is -0.143. The maximum absolute atomic E-state index is 12.0. The monoisotopic (exact) mass is 312 g/mol. The van der Waals surface area contributed by atoms with Crippen LogP contribution in [0.1, 0.15) is 19.4 Å². The van der Waals surface area contributed by atoms with E-state index in [0.29, 0.717) is 12.3 Å². The van der Waals surface area contributed by atoms with E-state index < -0.39 is 0 Å². The molecule has 0 aliphatic heterocycles. The molecule has 2 rings (SSSR count). The maximum atomic E-state index is 12.0. The molecule has 0 aliphatic carbocycles. The van der Waals surface area contributed by atoms with Gasteiger partial charge >= 0.3 is 0 Å². The summed E-state index contributed by atoms with van der Waals surface area (Å²) in [5.41, 5.74) is 1.73. The minimum atomic E-state index is -0.329. The first-order chi connectivity index (χ1) is 11.0. The zero-order valence-corrected chi connectivity index (χ0v) is 13.5. The second-order valence-electron chi connectivity index (χ2n) is 5.09. The molecule has 0 unspecified atom stereocenters. The third-order valence-corrected chi connectivity index (χ3v) is 3.38. The van der Waals surface area contributed by atoms with E-state index >= 15 is 0 Å². The van der Waals surface area contributed by atoms with E-state index in [1.54, 1.807) is 24.3 Å². The predicted molar refractivity (Wildman–Crippen MR) is 88.8 cm³/mol. The van der Waals surface area contributed by atoms with Gasteiger partial charge in [0.05, 0.1) is 19.3 Å². The number of amides is 2. The lowest BCUT2D eigenvalue weighted by Crippen LogP contribution is -2.48. The summed E-state index contributed by atoms with van der Waals surface area (Å²) in [4.78, 5) is 23.9. The Balaban J connectivity index is 2.40. The summed E-state index contributed by atoms with van der Waals surface area (Å²) >= 11 is 0. The van der Waals surface area contributed by atoms with E-state index in [9.17, 15) is 9.59 Å². The summed E-state index contributed by atoms with van der Waals surface area (Å²) in [6.45, 7) is 3.16. The molecule has 0 radical (unpaired) electrons. The average molecular weight is 312 g/mol. The molecule has 0 saturated heterocycles. The van der Waals surface area contributed by atoms with Crippen LogP contribution in [0.3, 0.4) is 0 Å². The van der Waals surface area contributed by atoms with Crippen molar-refractivity contribution in [2.45, 2.75) is 20.4 Å². The van der Waals surface area contributed by atoms with Crippen LogP contribution in [0.2, 0.25) is 0 Å². The molecule has 5 heteroatoms. The van der Waals surface area contributed by atoms with Gasteiger partial charge in [-0.15, -0.1) is 0 Å². The number of carbonyl (C=O) groups excluding carboxylic acids is 2. The van der Waals surface area contributed by atoms with Gasteiger partial charge in [-0.25, -0.2) is 0 Å². The van der Waals surface area contributed by atoms with Crippen molar-refractivity contribution in [3.8, 4) is 5.75 Å². The van der Waals surface area contributed by atoms with Crippen LogP contribution >= 0.6 is 0 Å². The standard InChI is InChI=1S/C18H20N2O3/c1-14(21)20(15(2)22)19(13-16-7-5-4-6-8-16)17-9-11-18(23-3)12-10-17/h4-12H,13H2,1-3H3. The van der Waals surface area contributed by atoms with Gasteiger partial charge in [0.25, 0.3) is 0 Å². The number of hydrogen-bond acceptors (Lipinski definition) is 4. The van der Waals surface area contributed by atoms with Gasteiger partial charge < -0.3 is 4.74 Å². The number of carbonyl (C=O) groups is 2. The third-order valence-electron chi connectivity index (χ3n) is 3.38. The van der Waals surface area contributed by atoms with Crippen LogP contribution in [0.25, 0.3) is 0 Å². The van der Waals surface area contributed by atoms with Crippen molar-refractivity contribution in [1.82, 2.24) is 5.01 Å². The first-order valence-corrected chi connectivity index (χ1v) is 7.29. The number of rotatable bonds is 5. The summed E-state index contributed by atoms with van der Waals surface area (Å²) in [6, 6.07) is 16.9. The van der Waals surface area contributed by atoms with Gasteiger partial charge in [0.15, 0.2) is 0 Å². The lowest BCUT2D eigenvalue weighted by atomic mass is 10.2. The number of ether oxygens (including phenoxy) is 1. The highest BCUT2D eigenvalue weighted by molar-refractivity contribution is 5.94. The molecule has 120 valence electrons. The Labute approximate surface area is 136 Å². The maximum Gasteiger partial charge on any atom is 0.245 e. The molecule has 0 N–H and O–H groups in total. The average Bonchev–Trinajstić information content (AvgIpc) is 2.54. The van der Waals surface area contributed by atoms with Crippen molar-refractivity contribution in [3.63, 3.8) is 0 Å². The molecular weight excluding hydrogens is 292 g/mol. The topological polar surface area (TPSA) is 49.9 Å². The van der Waals surface area contributed by atoms with Gasteiger partial charge in [-0.2, -0.15) is 5.01 Å². The van der Waals surface area contributed by atoms with Crippen LogP contribution in [-0.4, -0.2) is 23.9 Å². The predicted octanol–water partition coefficient (Wildman–Crippen LogP) is 3.01. The SMILES string of the molecule is COc1ccc(N(Cc2ccccc2)N(C(C)=O)C(C)=O)cc1. The molecule has 0 atom stereocenters. The molecule has 0 heterocycles. The quantitative estimate of drug-likeness (QED) is 0.796. The summed E-state index contributed by atoms with van der Waals surface area (Å²) in [5, 5.41) is 2.81. The molecule has 0 bridgehead atoms. The smallest absolute Gasteiger partial charge is 0.245 e. The lowest BCUT2D eigenvalue weighted by Gasteiger charge is -2.33. The Morgan fingerprint density at radius 1 is 0.913 bits per heavy atom. The Bertz CT molecular complexity index is 654. The highest BCUT2D eigenvalue weighted by atomic mass is 16.5. The fraction of sp³-hybridized carbons (Fsp3) is 0.222. The van der Waals surface area contributed by atoms with Crippen LogP contribution in [-0.2, 0) is 16.1 Å². The fourth-order valence-electron chi connectivity index (χ4n) is 2.35. The summed E-state index contributed by atoms with van der Waals surface area (Å²) < 4.78 is 5.16. The molecule has 0 aliphatic rings. The molecule has 0 aromatic heterocycles. The summed E-state index contributed by atoms with van der Waals surface area (Å²) in [6.07, 6.45) is 0. The van der Waals surface area contributed by atoms with Crippen molar-refractivity contribution >= 4 is 17.5 Å². The van der Waals surface area contributed by atoms with Crippen LogP contribution in [0, 0.1) is 0 Å². The minimum absolute atomic E-state index is 0.329. The van der Waals surface area contributed by atoms with E-state index in [0.717, 1.165) is 16.3 Å². The van der Waals surface area contributed by atoms with E-state index in [1.807, 2.05) is 42.5 Å². The fourth-order valence-corrected chi connectivity index (χ4v) is 2.35. The Morgan fingerprint density at radius 2 is 1.48 bits per heavy atom. The van der Waals surface area contributed by atoms with Gasteiger partial charge in [-0.1, -0.05) is 30.3 Å². The second kappa shape index (κ2) is 7.45. The second-order valence-corrected chi connectivity index (χ2v) is 5.09. The normalized spacial score (nSPS) is 10.0. The van der Waals surface area contributed by atoms with Crippen LogP contribution in [0.15, 0.2) is 54.6 Å². The number of methoxy groups -OCH3 is 1. The highest BCUT2D eigenvalue weighted by Crippen LogP contribution is 2.23. The van der Waals surface area contributed by atoms with Crippen molar-refractivity contribution < 1.29 is 14.3 Å². The molecule has 2 amide bonds. The molecule has 0 saturated carbocycles. The Kier molecular flexibility index (Phi) is 5.36. The number of imide groups is 1. The van der Waals surface area contributed by atoms with Crippen LogP contribution < -0.4 is 9.75 Å². The number of hydrazine groups is 1. The van der Waals surface area contributed by atoms with E-state index in [-0.39, 0.29) is 11.8 Å². The van der Waals surface area contributed by atoms with E-state index in [4.69, 9.17) is 4.74 Å². The third kappa shape index (κ3) is 4.10. The first kappa shape index (κ1) is 16.5. The molecule has 0 spiro atoms. The largest absolute Gasteiger partial charge is 0.497 e. The van der Waals surface area contributed by atoms with Crippen molar-refractivity contribution in [2.75, 3.05) is 12.1 Å². The van der Waals surface area contributed by atoms with Gasteiger partial charge in [0.2, 0.25) is 11.8 Å². The molecular formula is C18H20N2O3. The number of benzene rings is 2. The van der Waals surface area contributed by atoms with Crippen LogP contribution in [0.4, 0.5) is 5.69 Å². The van der Waals surface area contributed by atoms with Crippen molar-refractivity contribution in [3.05, 3.63) is 60.2 Å². The Hall–Kier alpha value is -2.82. The number of anilines is 1. The number of nitrogens with zero attached hydrogens (tertiary/aromatic N) is 2. The van der Waals surface area contributed by atoms with Crippen molar-refractivity contribution in [1.29, 1.82) is 0 Å². The van der Waals surface area contributed by atoms with Crippen molar-refractivity contribution in [2.24, 2.45) is 0 Å². The van der Waals surface area contributed by atoms with Crippen LogP contribution in [0.5, 0.6) is 5.75 Å². The van der Waals surface area contributed by atoms with Gasteiger partial charge in [-0.05, 0) is 29.8 Å². The van der Waals surface area contributed by atoms with E-state index in [2.05, 4.69) is 0 Å². The first-order valence-electron chi connectivity index (χ1n) is 7.29. The zero-order chi connectivity index (χ0) is 16.8. The highest BCUT2D eigenvalue weighted by Gasteiger charge is 2.23. The zero-order valence-electron chi connectivity index (χ0n) is 13.5. The van der Waals surface area contributed by atoms with Gasteiger partial charge in [-0.3, -0.25) is 14.6 Å². The Morgan fingerprint density at radius 3 is 1.96 bits per heavy atom. The minimum Gasteiger partial charge on any atom is -0.497 e. The molecule has 0 fully saturated rings. The summed E-state index contributed by atoms with van der Waals surface area (Å²) in [7, 11) is 1.59. The molecule has 2 aromatic rings. The van der Waals surface area contributed by atoms with Gasteiger partial charge in [0, 0.05) is 13.8 Å². The molecule has 2 aromatic carbocycles.